The van der Waals surface area contributed by atoms with Gasteiger partial charge in [0.25, 0.3) is 0 Å². The minimum atomic E-state index is 0.876. The third-order valence-electron chi connectivity index (χ3n) is 9.78. The standard InChI is InChI=1S/C46H30N2O/c1-2-12-31(13-3-1)32-24-26-34(27-25-32)47-41-19-8-6-17-37(41)39-30-35(28-29-42(39)47)48(40-20-10-15-33-14-4-5-16-36(33)40)43-21-11-23-45-46(43)38-18-7-9-22-44(38)49-45/h1-30H. The van der Waals surface area contributed by atoms with Crippen molar-refractivity contribution in [3.63, 3.8) is 0 Å². The van der Waals surface area contributed by atoms with Crippen molar-refractivity contribution in [1.82, 2.24) is 4.57 Å². The van der Waals surface area contributed by atoms with Crippen molar-refractivity contribution in [2.45, 2.75) is 0 Å². The molecule has 0 amide bonds. The molecule has 0 N–H and O–H groups in total. The van der Waals surface area contributed by atoms with Gasteiger partial charge in [0.15, 0.2) is 0 Å². The van der Waals surface area contributed by atoms with Crippen LogP contribution in [0.5, 0.6) is 0 Å². The molecule has 0 saturated heterocycles. The quantitative estimate of drug-likeness (QED) is 0.190. The molecule has 49 heavy (non-hydrogen) atoms. The minimum Gasteiger partial charge on any atom is -0.456 e. The Kier molecular flexibility index (Phi) is 6.18. The number of nitrogens with zero attached hydrogens (tertiary/aromatic N) is 2. The van der Waals surface area contributed by atoms with Gasteiger partial charge in [-0.2, -0.15) is 0 Å². The summed E-state index contributed by atoms with van der Waals surface area (Å²) in [7, 11) is 0. The highest BCUT2D eigenvalue weighted by Crippen LogP contribution is 2.46. The van der Waals surface area contributed by atoms with Gasteiger partial charge in [0.2, 0.25) is 0 Å². The third kappa shape index (κ3) is 4.37. The van der Waals surface area contributed by atoms with E-state index in [4.69, 9.17) is 4.42 Å². The lowest BCUT2D eigenvalue weighted by Crippen LogP contribution is -2.11. The summed E-state index contributed by atoms with van der Waals surface area (Å²) < 4.78 is 8.77. The van der Waals surface area contributed by atoms with Crippen molar-refractivity contribution in [2.75, 3.05) is 4.90 Å². The van der Waals surface area contributed by atoms with Crippen LogP contribution in [0.25, 0.3) is 71.3 Å². The fourth-order valence-electron chi connectivity index (χ4n) is 7.57. The Hall–Kier alpha value is -6.58. The molecular weight excluding hydrogens is 597 g/mol. The first-order valence-corrected chi connectivity index (χ1v) is 16.7. The average molecular weight is 627 g/mol. The molecule has 0 aliphatic rings. The average Bonchev–Trinajstić information content (AvgIpc) is 3.72. The SMILES string of the molecule is c1ccc(-c2ccc(-n3c4ccccc4c4cc(N(c5cccc6ccccc56)c5cccc6oc7ccccc7c56)ccc43)cc2)cc1. The number of para-hydroxylation sites is 2. The van der Waals surface area contributed by atoms with Crippen LogP contribution in [0, 0.1) is 0 Å². The van der Waals surface area contributed by atoms with Crippen LogP contribution in [0.4, 0.5) is 17.1 Å². The molecule has 0 saturated carbocycles. The molecule has 0 bridgehead atoms. The molecule has 8 aromatic carbocycles. The van der Waals surface area contributed by atoms with E-state index in [1.54, 1.807) is 0 Å². The van der Waals surface area contributed by atoms with E-state index < -0.39 is 0 Å². The first-order chi connectivity index (χ1) is 24.3. The molecule has 0 spiro atoms. The Bertz CT molecular complexity index is 2820. The van der Waals surface area contributed by atoms with E-state index in [1.807, 2.05) is 6.07 Å². The highest BCUT2D eigenvalue weighted by atomic mass is 16.3. The molecule has 0 aliphatic heterocycles. The maximum absolute atomic E-state index is 6.39. The molecule has 0 fully saturated rings. The first-order valence-electron chi connectivity index (χ1n) is 16.7. The largest absolute Gasteiger partial charge is 0.456 e. The highest BCUT2D eigenvalue weighted by molar-refractivity contribution is 6.16. The van der Waals surface area contributed by atoms with Gasteiger partial charge in [-0.15, -0.1) is 0 Å². The second-order valence-corrected chi connectivity index (χ2v) is 12.5. The summed E-state index contributed by atoms with van der Waals surface area (Å²) in [6.45, 7) is 0. The van der Waals surface area contributed by atoms with E-state index in [2.05, 4.69) is 185 Å². The number of hydrogen-bond acceptors (Lipinski definition) is 2. The third-order valence-corrected chi connectivity index (χ3v) is 9.78. The van der Waals surface area contributed by atoms with Crippen molar-refractivity contribution in [3.8, 4) is 16.8 Å². The summed E-state index contributed by atoms with van der Waals surface area (Å²) in [5.41, 5.74) is 11.0. The fourth-order valence-corrected chi connectivity index (χ4v) is 7.57. The van der Waals surface area contributed by atoms with Crippen molar-refractivity contribution in [2.24, 2.45) is 0 Å². The van der Waals surface area contributed by atoms with Crippen LogP contribution in [-0.4, -0.2) is 4.57 Å². The summed E-state index contributed by atoms with van der Waals surface area (Å²) in [5.74, 6) is 0. The molecule has 10 aromatic rings. The van der Waals surface area contributed by atoms with Gasteiger partial charge >= 0.3 is 0 Å². The van der Waals surface area contributed by atoms with E-state index in [0.717, 1.165) is 44.7 Å². The van der Waals surface area contributed by atoms with Gasteiger partial charge in [-0.3, -0.25) is 0 Å². The molecule has 2 heterocycles. The molecule has 2 aromatic heterocycles. The fraction of sp³-hybridized carbons (Fsp3) is 0. The summed E-state index contributed by atoms with van der Waals surface area (Å²) in [6.07, 6.45) is 0. The van der Waals surface area contributed by atoms with Crippen molar-refractivity contribution in [3.05, 3.63) is 182 Å². The Morgan fingerprint density at radius 2 is 1.04 bits per heavy atom. The number of anilines is 3. The second kappa shape index (κ2) is 11.0. The molecule has 3 heteroatoms. The van der Waals surface area contributed by atoms with E-state index in [0.29, 0.717) is 0 Å². The van der Waals surface area contributed by atoms with E-state index >= 15 is 0 Å². The maximum Gasteiger partial charge on any atom is 0.137 e. The van der Waals surface area contributed by atoms with Gasteiger partial charge in [0, 0.05) is 32.9 Å². The van der Waals surface area contributed by atoms with Crippen LogP contribution in [0.3, 0.4) is 0 Å². The van der Waals surface area contributed by atoms with Crippen LogP contribution in [-0.2, 0) is 0 Å². The van der Waals surface area contributed by atoms with Gasteiger partial charge in [0.05, 0.1) is 27.8 Å². The Labute approximate surface area is 283 Å². The van der Waals surface area contributed by atoms with Crippen molar-refractivity contribution >= 4 is 71.6 Å². The van der Waals surface area contributed by atoms with Crippen molar-refractivity contribution in [1.29, 1.82) is 0 Å². The zero-order chi connectivity index (χ0) is 32.3. The smallest absolute Gasteiger partial charge is 0.137 e. The Morgan fingerprint density at radius 1 is 0.408 bits per heavy atom. The highest BCUT2D eigenvalue weighted by Gasteiger charge is 2.22. The second-order valence-electron chi connectivity index (χ2n) is 12.5. The molecule has 0 unspecified atom stereocenters. The molecule has 0 radical (unpaired) electrons. The van der Waals surface area contributed by atoms with Crippen LogP contribution in [0.2, 0.25) is 0 Å². The lowest BCUT2D eigenvalue weighted by Gasteiger charge is -2.27. The summed E-state index contributed by atoms with van der Waals surface area (Å²) in [5, 5.41) is 7.02. The van der Waals surface area contributed by atoms with Gasteiger partial charge in [-0.1, -0.05) is 121 Å². The minimum absolute atomic E-state index is 0.876. The van der Waals surface area contributed by atoms with Crippen LogP contribution in [0.1, 0.15) is 0 Å². The van der Waals surface area contributed by atoms with E-state index in [-0.39, 0.29) is 0 Å². The Morgan fingerprint density at radius 3 is 1.92 bits per heavy atom. The molecule has 230 valence electrons. The van der Waals surface area contributed by atoms with Gasteiger partial charge in [0.1, 0.15) is 11.2 Å². The van der Waals surface area contributed by atoms with Crippen molar-refractivity contribution < 1.29 is 4.42 Å². The summed E-state index contributed by atoms with van der Waals surface area (Å²) in [6, 6.07) is 65.0. The van der Waals surface area contributed by atoms with Gasteiger partial charge < -0.3 is 13.9 Å². The van der Waals surface area contributed by atoms with Crippen LogP contribution >= 0.6 is 0 Å². The van der Waals surface area contributed by atoms with Gasteiger partial charge in [-0.25, -0.2) is 0 Å². The lowest BCUT2D eigenvalue weighted by atomic mass is 10.0. The normalized spacial score (nSPS) is 11.7. The number of aromatic nitrogens is 1. The molecule has 0 aliphatic carbocycles. The number of benzene rings is 8. The molecule has 10 rings (SSSR count). The number of furan rings is 1. The summed E-state index contributed by atoms with van der Waals surface area (Å²) >= 11 is 0. The number of fused-ring (bicyclic) bond motifs is 7. The lowest BCUT2D eigenvalue weighted by molar-refractivity contribution is 0.669. The van der Waals surface area contributed by atoms with Crippen LogP contribution < -0.4 is 4.90 Å². The first kappa shape index (κ1) is 27.5. The van der Waals surface area contributed by atoms with Crippen LogP contribution in [0.15, 0.2) is 186 Å². The molecule has 0 atom stereocenters. The Balaban J connectivity index is 1.22. The monoisotopic (exact) mass is 626 g/mol. The molecular formula is C46H30N2O. The molecule has 3 nitrogen and oxygen atoms in total. The predicted molar refractivity (Wildman–Crippen MR) is 206 cm³/mol. The predicted octanol–water partition coefficient (Wildman–Crippen LogP) is 13.0. The maximum atomic E-state index is 6.39. The zero-order valence-electron chi connectivity index (χ0n) is 26.6. The van der Waals surface area contributed by atoms with E-state index in [9.17, 15) is 0 Å². The topological polar surface area (TPSA) is 21.3 Å². The van der Waals surface area contributed by atoms with Gasteiger partial charge in [-0.05, 0) is 77.2 Å². The zero-order valence-corrected chi connectivity index (χ0v) is 26.6. The number of hydrogen-bond donors (Lipinski definition) is 0. The summed E-state index contributed by atoms with van der Waals surface area (Å²) in [4.78, 5) is 2.41. The van der Waals surface area contributed by atoms with E-state index in [1.165, 1.54) is 43.7 Å². The number of rotatable bonds is 5.